The van der Waals surface area contributed by atoms with Crippen molar-refractivity contribution in [1.29, 1.82) is 0 Å². The smallest absolute Gasteiger partial charge is 0.329 e. The number of allylic oxidation sites excluding steroid dienone is 1. The van der Waals surface area contributed by atoms with Crippen LogP contribution in [0.15, 0.2) is 51.6 Å². The van der Waals surface area contributed by atoms with E-state index in [4.69, 9.17) is 0 Å². The molecule has 1 aromatic carbocycles. The predicted molar refractivity (Wildman–Crippen MR) is 99.7 cm³/mol. The number of phenols is 1. The standard InChI is InChI=1S/C17H18N6O3/c1-4-9-23-13-14(22(3)17(26)19-15(13)25)18-16(23)21-20-10(2)11-7-5-6-8-12(11)24/h4-8,24H,1,9H2,2-3H3,(H,18,21)(H,19,25,26)/b20-10-. The van der Waals surface area contributed by atoms with Gasteiger partial charge in [-0.3, -0.25) is 18.9 Å². The van der Waals surface area contributed by atoms with E-state index in [9.17, 15) is 14.7 Å². The number of fused-ring (bicyclic) bond motifs is 1. The lowest BCUT2D eigenvalue weighted by Crippen LogP contribution is -2.29. The fraction of sp³-hybridized carbons (Fsp3) is 0.176. The van der Waals surface area contributed by atoms with E-state index in [0.29, 0.717) is 17.8 Å². The highest BCUT2D eigenvalue weighted by Crippen LogP contribution is 2.18. The third-order valence-corrected chi connectivity index (χ3v) is 3.94. The minimum atomic E-state index is -0.550. The zero-order chi connectivity index (χ0) is 18.8. The molecule has 0 unspecified atom stereocenters. The second kappa shape index (κ2) is 6.71. The fourth-order valence-electron chi connectivity index (χ4n) is 2.60. The van der Waals surface area contributed by atoms with Crippen LogP contribution in [0.1, 0.15) is 12.5 Å². The van der Waals surface area contributed by atoms with Gasteiger partial charge >= 0.3 is 5.69 Å². The molecule has 0 saturated heterocycles. The molecule has 0 atom stereocenters. The fourth-order valence-corrected chi connectivity index (χ4v) is 2.60. The number of hydrazone groups is 1. The summed E-state index contributed by atoms with van der Waals surface area (Å²) >= 11 is 0. The van der Waals surface area contributed by atoms with Crippen LogP contribution in [-0.4, -0.2) is 29.9 Å². The first-order chi connectivity index (χ1) is 12.4. The molecular weight excluding hydrogens is 336 g/mol. The molecule has 3 rings (SSSR count). The topological polar surface area (TPSA) is 117 Å². The molecule has 0 aliphatic rings. The number of imidazole rings is 1. The van der Waals surface area contributed by atoms with Crippen LogP contribution in [0, 0.1) is 0 Å². The molecule has 9 heteroatoms. The second-order valence-electron chi connectivity index (χ2n) is 5.65. The maximum atomic E-state index is 12.2. The molecule has 3 aromatic rings. The van der Waals surface area contributed by atoms with Crippen molar-refractivity contribution in [2.45, 2.75) is 13.5 Å². The van der Waals surface area contributed by atoms with Crippen LogP contribution in [0.2, 0.25) is 0 Å². The Labute approximate surface area is 147 Å². The number of nitrogens with one attached hydrogen (secondary N) is 2. The normalized spacial score (nSPS) is 11.7. The Kier molecular flexibility index (Phi) is 4.44. The Balaban J connectivity index is 2.10. The van der Waals surface area contributed by atoms with Gasteiger partial charge in [-0.05, 0) is 19.1 Å². The molecule has 0 fully saturated rings. The van der Waals surface area contributed by atoms with Crippen LogP contribution in [0.5, 0.6) is 5.75 Å². The Bertz CT molecular complexity index is 1140. The van der Waals surface area contributed by atoms with E-state index in [1.54, 1.807) is 41.8 Å². The third kappa shape index (κ3) is 2.90. The van der Waals surface area contributed by atoms with E-state index in [1.165, 1.54) is 11.6 Å². The highest BCUT2D eigenvalue weighted by atomic mass is 16.3. The Morgan fingerprint density at radius 1 is 1.42 bits per heavy atom. The van der Waals surface area contributed by atoms with E-state index >= 15 is 0 Å². The van der Waals surface area contributed by atoms with E-state index in [1.807, 2.05) is 0 Å². The summed E-state index contributed by atoms with van der Waals surface area (Å²) in [7, 11) is 1.52. The van der Waals surface area contributed by atoms with E-state index in [2.05, 4.69) is 27.1 Å². The van der Waals surface area contributed by atoms with Gasteiger partial charge in [0.25, 0.3) is 5.56 Å². The zero-order valence-corrected chi connectivity index (χ0v) is 14.4. The molecule has 134 valence electrons. The monoisotopic (exact) mass is 354 g/mol. The molecule has 0 aliphatic heterocycles. The number of aromatic amines is 1. The van der Waals surface area contributed by atoms with Crippen LogP contribution in [0.4, 0.5) is 5.95 Å². The van der Waals surface area contributed by atoms with Crippen molar-refractivity contribution in [3.05, 3.63) is 63.3 Å². The lowest BCUT2D eigenvalue weighted by molar-refractivity contribution is 0.474. The number of benzene rings is 1. The van der Waals surface area contributed by atoms with E-state index < -0.39 is 11.2 Å². The van der Waals surface area contributed by atoms with Crippen molar-refractivity contribution >= 4 is 22.8 Å². The average Bonchev–Trinajstić information content (AvgIpc) is 2.97. The van der Waals surface area contributed by atoms with Gasteiger partial charge in [0.1, 0.15) is 5.75 Å². The predicted octanol–water partition coefficient (Wildman–Crippen LogP) is 1.15. The number of para-hydroxylation sites is 1. The number of H-pyrrole nitrogens is 1. The lowest BCUT2D eigenvalue weighted by Gasteiger charge is -2.07. The zero-order valence-electron chi connectivity index (χ0n) is 14.4. The molecule has 26 heavy (non-hydrogen) atoms. The molecular formula is C17H18N6O3. The lowest BCUT2D eigenvalue weighted by atomic mass is 10.1. The third-order valence-electron chi connectivity index (χ3n) is 3.94. The van der Waals surface area contributed by atoms with Gasteiger partial charge in [-0.1, -0.05) is 18.2 Å². The van der Waals surface area contributed by atoms with Gasteiger partial charge < -0.3 is 5.11 Å². The van der Waals surface area contributed by atoms with Crippen molar-refractivity contribution in [2.75, 3.05) is 5.43 Å². The van der Waals surface area contributed by atoms with Gasteiger partial charge in [-0.25, -0.2) is 10.2 Å². The number of hydrogen-bond donors (Lipinski definition) is 3. The number of aryl methyl sites for hydroxylation is 1. The van der Waals surface area contributed by atoms with Gasteiger partial charge in [0.2, 0.25) is 5.95 Å². The molecule has 0 amide bonds. The highest BCUT2D eigenvalue weighted by molar-refractivity contribution is 6.01. The summed E-state index contributed by atoms with van der Waals surface area (Å²) in [6, 6.07) is 6.81. The minimum Gasteiger partial charge on any atom is -0.507 e. The molecule has 2 heterocycles. The average molecular weight is 354 g/mol. The molecule has 0 radical (unpaired) electrons. The molecule has 0 bridgehead atoms. The summed E-state index contributed by atoms with van der Waals surface area (Å²) in [5.74, 6) is 0.385. The SMILES string of the molecule is C=CCn1c(N/N=C(/C)c2ccccc2O)nc2c1c(=O)[nH]c(=O)n2C. The van der Waals surface area contributed by atoms with Crippen molar-refractivity contribution < 1.29 is 5.11 Å². The number of anilines is 1. The highest BCUT2D eigenvalue weighted by Gasteiger charge is 2.16. The molecule has 2 aromatic heterocycles. The summed E-state index contributed by atoms with van der Waals surface area (Å²) in [6.07, 6.45) is 1.61. The van der Waals surface area contributed by atoms with Gasteiger partial charge in [0.05, 0.1) is 5.71 Å². The van der Waals surface area contributed by atoms with E-state index in [0.717, 1.165) is 0 Å². The van der Waals surface area contributed by atoms with Crippen molar-refractivity contribution in [3.8, 4) is 5.75 Å². The van der Waals surface area contributed by atoms with Crippen molar-refractivity contribution in [1.82, 2.24) is 19.1 Å². The quantitative estimate of drug-likeness (QED) is 0.361. The first kappa shape index (κ1) is 17.2. The van der Waals surface area contributed by atoms with Crippen LogP contribution in [-0.2, 0) is 13.6 Å². The molecule has 0 aliphatic carbocycles. The number of aromatic hydroxyl groups is 1. The number of hydrogen-bond acceptors (Lipinski definition) is 6. The van der Waals surface area contributed by atoms with Crippen molar-refractivity contribution in [3.63, 3.8) is 0 Å². The summed E-state index contributed by atoms with van der Waals surface area (Å²) in [5.41, 5.74) is 3.29. The van der Waals surface area contributed by atoms with Crippen LogP contribution < -0.4 is 16.7 Å². The van der Waals surface area contributed by atoms with Crippen LogP contribution >= 0.6 is 0 Å². The second-order valence-corrected chi connectivity index (χ2v) is 5.65. The Hall–Kier alpha value is -3.62. The number of aromatic nitrogens is 4. The molecule has 0 spiro atoms. The summed E-state index contributed by atoms with van der Waals surface area (Å²) in [5, 5.41) is 14.1. The molecule has 0 saturated carbocycles. The maximum absolute atomic E-state index is 12.2. The first-order valence-corrected chi connectivity index (χ1v) is 7.83. The van der Waals surface area contributed by atoms with Gasteiger partial charge in [0.15, 0.2) is 11.2 Å². The number of nitrogens with zero attached hydrogens (tertiary/aromatic N) is 4. The summed E-state index contributed by atoms with van der Waals surface area (Å²) < 4.78 is 2.82. The Morgan fingerprint density at radius 2 is 2.15 bits per heavy atom. The largest absolute Gasteiger partial charge is 0.507 e. The minimum absolute atomic E-state index is 0.106. The molecule has 3 N–H and O–H groups in total. The van der Waals surface area contributed by atoms with Gasteiger partial charge in [-0.15, -0.1) is 6.58 Å². The first-order valence-electron chi connectivity index (χ1n) is 7.83. The molecule has 9 nitrogen and oxygen atoms in total. The van der Waals surface area contributed by atoms with Crippen molar-refractivity contribution in [2.24, 2.45) is 12.1 Å². The van der Waals surface area contributed by atoms with Crippen LogP contribution in [0.25, 0.3) is 11.2 Å². The Morgan fingerprint density at radius 3 is 2.85 bits per heavy atom. The van der Waals surface area contributed by atoms with E-state index in [-0.39, 0.29) is 22.9 Å². The number of rotatable bonds is 5. The van der Waals surface area contributed by atoms with Gasteiger partial charge in [0, 0.05) is 19.2 Å². The maximum Gasteiger partial charge on any atom is 0.329 e. The van der Waals surface area contributed by atoms with Crippen LogP contribution in [0.3, 0.4) is 0 Å². The summed E-state index contributed by atoms with van der Waals surface area (Å²) in [4.78, 5) is 30.6. The van der Waals surface area contributed by atoms with Gasteiger partial charge in [-0.2, -0.15) is 10.1 Å². The summed E-state index contributed by atoms with van der Waals surface area (Å²) in [6.45, 7) is 5.71. The number of phenolic OH excluding ortho intramolecular Hbond substituents is 1.